The number of carbonyl (C=O) groups excluding carboxylic acids is 1. The fourth-order valence-electron chi connectivity index (χ4n) is 3.89. The van der Waals surface area contributed by atoms with Crippen LogP contribution in [0, 0.1) is 0 Å². The first kappa shape index (κ1) is 25.4. The Hall–Kier alpha value is -2.68. The van der Waals surface area contributed by atoms with E-state index < -0.39 is 12.0 Å². The Balaban J connectivity index is 1.89. The fraction of sp³-hybridized carbons (Fsp3) is 0.269. The van der Waals surface area contributed by atoms with Crippen LogP contribution in [0.5, 0.6) is 5.75 Å². The molecule has 4 rings (SSSR count). The van der Waals surface area contributed by atoms with Gasteiger partial charge in [0.2, 0.25) is 0 Å². The molecule has 6 nitrogen and oxygen atoms in total. The number of ether oxygens (including phenoxy) is 2. The number of esters is 1. The van der Waals surface area contributed by atoms with Crippen LogP contribution in [0.2, 0.25) is 5.02 Å². The predicted octanol–water partition coefficient (Wildman–Crippen LogP) is 5.00. The molecule has 0 unspecified atom stereocenters. The Labute approximate surface area is 220 Å². The molecule has 0 fully saturated rings. The molecule has 0 bridgehead atoms. The summed E-state index contributed by atoms with van der Waals surface area (Å²) in [6, 6.07) is 12.1. The first-order valence-electron chi connectivity index (χ1n) is 11.1. The van der Waals surface area contributed by atoms with E-state index in [2.05, 4.69) is 20.9 Å². The summed E-state index contributed by atoms with van der Waals surface area (Å²) in [7, 11) is 0. The molecule has 0 aliphatic carbocycles. The second kappa shape index (κ2) is 10.5. The number of carbonyl (C=O) groups is 1. The lowest BCUT2D eigenvalue weighted by Crippen LogP contribution is -2.40. The van der Waals surface area contributed by atoms with E-state index in [1.807, 2.05) is 44.2 Å². The first-order valence-corrected chi connectivity index (χ1v) is 13.1. The molecule has 0 N–H and O–H groups in total. The van der Waals surface area contributed by atoms with Crippen LogP contribution in [0.3, 0.4) is 0 Å². The second-order valence-corrected chi connectivity index (χ2v) is 10.5. The number of nitrogens with zero attached hydrogens (tertiary/aromatic N) is 2. The maximum Gasteiger partial charge on any atom is 0.338 e. The van der Waals surface area contributed by atoms with E-state index in [0.29, 0.717) is 31.2 Å². The van der Waals surface area contributed by atoms with Crippen molar-refractivity contribution in [3.63, 3.8) is 0 Å². The molecule has 1 aromatic heterocycles. The van der Waals surface area contributed by atoms with Crippen molar-refractivity contribution >= 4 is 50.9 Å². The lowest BCUT2D eigenvalue weighted by molar-refractivity contribution is -0.139. The molecule has 0 saturated heterocycles. The highest BCUT2D eigenvalue weighted by molar-refractivity contribution is 9.10. The molecule has 182 valence electrons. The Morgan fingerprint density at radius 3 is 2.69 bits per heavy atom. The topological polar surface area (TPSA) is 69.9 Å². The van der Waals surface area contributed by atoms with Gasteiger partial charge in [-0.3, -0.25) is 9.36 Å². The number of aromatic nitrogens is 1. The van der Waals surface area contributed by atoms with Crippen LogP contribution in [0.1, 0.15) is 44.9 Å². The van der Waals surface area contributed by atoms with E-state index in [1.165, 1.54) is 15.9 Å². The van der Waals surface area contributed by atoms with E-state index in [-0.39, 0.29) is 18.3 Å². The molecule has 1 atom stereocenters. The first-order chi connectivity index (χ1) is 16.7. The third-order valence-corrected chi connectivity index (χ3v) is 7.28. The number of rotatable bonds is 6. The van der Waals surface area contributed by atoms with Gasteiger partial charge in [0.1, 0.15) is 11.8 Å². The van der Waals surface area contributed by atoms with Crippen LogP contribution in [0.4, 0.5) is 0 Å². The molecule has 1 aliphatic heterocycles. The van der Waals surface area contributed by atoms with E-state index in [1.54, 1.807) is 32.1 Å². The third kappa shape index (κ3) is 5.15. The lowest BCUT2D eigenvalue weighted by atomic mass is 9.96. The summed E-state index contributed by atoms with van der Waals surface area (Å²) in [5.41, 5.74) is 2.01. The fourth-order valence-corrected chi connectivity index (χ4v) is 5.67. The second-order valence-electron chi connectivity index (χ2n) is 8.18. The van der Waals surface area contributed by atoms with Gasteiger partial charge in [0.25, 0.3) is 5.56 Å². The van der Waals surface area contributed by atoms with Crippen molar-refractivity contribution in [2.24, 2.45) is 4.99 Å². The Bertz CT molecular complexity index is 1510. The maximum absolute atomic E-state index is 13.7. The molecule has 0 spiro atoms. The van der Waals surface area contributed by atoms with Crippen LogP contribution < -0.4 is 19.6 Å². The van der Waals surface area contributed by atoms with Crippen molar-refractivity contribution in [3.8, 4) is 5.75 Å². The van der Waals surface area contributed by atoms with Crippen LogP contribution in [0.25, 0.3) is 6.08 Å². The van der Waals surface area contributed by atoms with Crippen molar-refractivity contribution in [1.29, 1.82) is 0 Å². The summed E-state index contributed by atoms with van der Waals surface area (Å²) >= 11 is 11.3. The molecule has 9 heteroatoms. The van der Waals surface area contributed by atoms with Gasteiger partial charge in [-0.05, 0) is 79.0 Å². The molecular formula is C26H24BrClN2O4S. The number of hydrogen-bond acceptors (Lipinski definition) is 6. The average Bonchev–Trinajstić information content (AvgIpc) is 3.09. The number of thiazole rings is 1. The predicted molar refractivity (Wildman–Crippen MR) is 142 cm³/mol. The molecule has 0 amide bonds. The normalized spacial score (nSPS) is 15.7. The minimum Gasteiger partial charge on any atom is -0.490 e. The van der Waals surface area contributed by atoms with Gasteiger partial charge in [0.15, 0.2) is 4.80 Å². The van der Waals surface area contributed by atoms with Crippen LogP contribution in [-0.4, -0.2) is 23.2 Å². The summed E-state index contributed by atoms with van der Waals surface area (Å²) in [5, 5.41) is 0.452. The highest BCUT2D eigenvalue weighted by Crippen LogP contribution is 2.34. The zero-order valence-electron chi connectivity index (χ0n) is 19.7. The molecule has 2 aromatic carbocycles. The molecule has 2 heterocycles. The standard InChI is InChI=1S/C26H24BrClN2O4S/c1-5-33-25(32)22-15(4)29-26-30(23(22)17-8-6-7-9-19(17)28)24(31)21(35-26)13-16-10-11-20(18(27)12-16)34-14(2)3/h6-14,23H,5H2,1-4H3/b21-13-/t23-/m1/s1. The van der Waals surface area contributed by atoms with E-state index >= 15 is 0 Å². The number of benzene rings is 2. The van der Waals surface area contributed by atoms with Gasteiger partial charge in [-0.2, -0.15) is 0 Å². The summed E-state index contributed by atoms with van der Waals surface area (Å²) in [6.07, 6.45) is 1.85. The molecule has 0 radical (unpaired) electrons. The number of halogens is 2. The van der Waals surface area contributed by atoms with Crippen molar-refractivity contribution in [3.05, 3.63) is 94.0 Å². The van der Waals surface area contributed by atoms with Gasteiger partial charge in [-0.25, -0.2) is 9.79 Å². The molecular weight excluding hydrogens is 552 g/mol. The summed E-state index contributed by atoms with van der Waals surface area (Å²) in [5.74, 6) is 0.213. The Morgan fingerprint density at radius 1 is 1.29 bits per heavy atom. The summed E-state index contributed by atoms with van der Waals surface area (Å²) in [6.45, 7) is 7.62. The SMILES string of the molecule is CCOC(=O)C1=C(C)N=c2s/c(=C\c3ccc(OC(C)C)c(Br)c3)c(=O)n2[C@@H]1c1ccccc1Cl. The Morgan fingerprint density at radius 2 is 2.03 bits per heavy atom. The van der Waals surface area contributed by atoms with Gasteiger partial charge in [-0.15, -0.1) is 0 Å². The smallest absolute Gasteiger partial charge is 0.338 e. The maximum atomic E-state index is 13.7. The molecule has 1 aliphatic rings. The van der Waals surface area contributed by atoms with Crippen molar-refractivity contribution < 1.29 is 14.3 Å². The van der Waals surface area contributed by atoms with Crippen LogP contribution in [-0.2, 0) is 9.53 Å². The zero-order chi connectivity index (χ0) is 25.3. The lowest BCUT2D eigenvalue weighted by Gasteiger charge is -2.25. The summed E-state index contributed by atoms with van der Waals surface area (Å²) < 4.78 is 13.9. The van der Waals surface area contributed by atoms with Crippen molar-refractivity contribution in [2.75, 3.05) is 6.61 Å². The van der Waals surface area contributed by atoms with Crippen LogP contribution in [0.15, 0.2) is 68.0 Å². The average molecular weight is 576 g/mol. The molecule has 3 aromatic rings. The van der Waals surface area contributed by atoms with Gasteiger partial charge in [-0.1, -0.05) is 47.2 Å². The zero-order valence-corrected chi connectivity index (χ0v) is 22.8. The molecule has 0 saturated carbocycles. The van der Waals surface area contributed by atoms with Crippen LogP contribution >= 0.6 is 38.9 Å². The van der Waals surface area contributed by atoms with Gasteiger partial charge in [0.05, 0.1) is 33.0 Å². The highest BCUT2D eigenvalue weighted by Gasteiger charge is 2.34. The van der Waals surface area contributed by atoms with Gasteiger partial charge >= 0.3 is 5.97 Å². The summed E-state index contributed by atoms with van der Waals surface area (Å²) in [4.78, 5) is 31.7. The third-order valence-electron chi connectivity index (χ3n) is 5.33. The van der Waals surface area contributed by atoms with E-state index in [0.717, 1.165) is 15.8 Å². The van der Waals surface area contributed by atoms with E-state index in [9.17, 15) is 9.59 Å². The van der Waals surface area contributed by atoms with Crippen molar-refractivity contribution in [1.82, 2.24) is 4.57 Å². The van der Waals surface area contributed by atoms with Crippen molar-refractivity contribution in [2.45, 2.75) is 39.8 Å². The van der Waals surface area contributed by atoms with Gasteiger partial charge < -0.3 is 9.47 Å². The quantitative estimate of drug-likeness (QED) is 0.388. The monoisotopic (exact) mass is 574 g/mol. The number of fused-ring (bicyclic) bond motifs is 1. The highest BCUT2D eigenvalue weighted by atomic mass is 79.9. The Kier molecular flexibility index (Phi) is 7.64. The number of allylic oxidation sites excluding steroid dienone is 1. The minimum atomic E-state index is -0.741. The molecule has 35 heavy (non-hydrogen) atoms. The van der Waals surface area contributed by atoms with Gasteiger partial charge in [0, 0.05) is 5.02 Å². The van der Waals surface area contributed by atoms with E-state index in [4.69, 9.17) is 21.1 Å². The number of hydrogen-bond donors (Lipinski definition) is 0. The largest absolute Gasteiger partial charge is 0.490 e. The minimum absolute atomic E-state index is 0.0440.